The minimum Gasteiger partial charge on any atom is -0.543 e. The highest BCUT2D eigenvalue weighted by Gasteiger charge is 2.53. The second kappa shape index (κ2) is 15.0. The summed E-state index contributed by atoms with van der Waals surface area (Å²) in [5, 5.41) is 24.0. The number of thioether (sulfide) groups is 2. The molecular formula is C32H33FN8O5S3. The van der Waals surface area contributed by atoms with E-state index in [4.69, 9.17) is 10.6 Å². The van der Waals surface area contributed by atoms with Crippen molar-refractivity contribution < 1.29 is 33.3 Å². The molecule has 2 atom stereocenters. The van der Waals surface area contributed by atoms with Crippen LogP contribution in [0.1, 0.15) is 5.69 Å². The molecule has 2 saturated heterocycles. The van der Waals surface area contributed by atoms with Gasteiger partial charge < -0.3 is 36.0 Å². The molecule has 3 aromatic rings. The number of nitrogen functional groups attached to an aromatic ring is 1. The molecule has 6 rings (SSSR count). The van der Waals surface area contributed by atoms with E-state index in [1.807, 2.05) is 27.8 Å². The van der Waals surface area contributed by atoms with Crippen molar-refractivity contribution in [2.45, 2.75) is 22.9 Å². The van der Waals surface area contributed by atoms with Crippen molar-refractivity contribution in [2.24, 2.45) is 5.16 Å². The maximum atomic E-state index is 15.6. The van der Waals surface area contributed by atoms with E-state index in [1.54, 1.807) is 6.08 Å². The zero-order chi connectivity index (χ0) is 34.7. The number of allylic oxidation sites excluding steroid dienone is 1. The first-order valence-electron chi connectivity index (χ1n) is 15.3. The maximum absolute atomic E-state index is 15.6. The molecule has 2 aromatic heterocycles. The van der Waals surface area contributed by atoms with E-state index in [1.165, 1.54) is 41.0 Å². The number of β-lactam (4-membered cyclic amide) rings is 1. The van der Waals surface area contributed by atoms with Crippen LogP contribution in [0.4, 0.5) is 15.2 Å². The summed E-state index contributed by atoms with van der Waals surface area (Å²) in [7, 11) is 0. The molecule has 0 aliphatic carbocycles. The normalized spacial score (nSPS) is 19.4. The van der Waals surface area contributed by atoms with Crippen LogP contribution >= 0.6 is 34.9 Å². The fraction of sp³-hybridized carbons (Fsp3) is 0.312. The van der Waals surface area contributed by atoms with Gasteiger partial charge in [-0.3, -0.25) is 14.5 Å². The van der Waals surface area contributed by atoms with Crippen LogP contribution in [0.5, 0.6) is 0 Å². The van der Waals surface area contributed by atoms with Crippen LogP contribution in [0.25, 0.3) is 10.9 Å². The molecule has 3 aliphatic rings. The number of thiazole rings is 1. The molecule has 17 heteroatoms. The van der Waals surface area contributed by atoms with Gasteiger partial charge in [0, 0.05) is 60.1 Å². The number of pyridine rings is 1. The number of carbonyl (C=O) groups excluding carboxylic acids is 3. The standard InChI is InChI=1S/C32H33FN8O5S3/c1-3-8-39-9-5-24(19-13-20(33)23(14-22(19)39)40-10-6-35-7-11-40)47-15-18-16-48-30-26(29(43)41(30)27(18)31(44)45)37-28(42)25(38-46-12-4-2)21-17-49-32(34)36-21/h3-5,9,13-14,17,26,30,35H,1-2,6-8,10-12,15-16H2,(H3-,34,36,37,42,44,45)/b38-25-. The minimum absolute atomic E-state index is 0.0334. The Kier molecular flexibility index (Phi) is 10.5. The van der Waals surface area contributed by atoms with Gasteiger partial charge in [-0.25, -0.2) is 9.37 Å². The molecule has 3 aliphatic heterocycles. The fourth-order valence-electron chi connectivity index (χ4n) is 5.80. The summed E-state index contributed by atoms with van der Waals surface area (Å²) in [5.41, 5.74) is 7.32. The number of nitrogens with one attached hydrogen (secondary N) is 2. The van der Waals surface area contributed by atoms with Gasteiger partial charge in [-0.1, -0.05) is 24.4 Å². The first kappa shape index (κ1) is 34.4. The van der Waals surface area contributed by atoms with Crippen LogP contribution in [0, 0.1) is 5.82 Å². The lowest BCUT2D eigenvalue weighted by Gasteiger charge is -2.50. The number of carboxylic acids is 1. The van der Waals surface area contributed by atoms with Gasteiger partial charge >= 0.3 is 0 Å². The first-order valence-corrected chi connectivity index (χ1v) is 18.2. The molecule has 0 bridgehead atoms. The molecule has 2 amide bonds. The number of benzene rings is 1. The predicted molar refractivity (Wildman–Crippen MR) is 186 cm³/mol. The van der Waals surface area contributed by atoms with Crippen molar-refractivity contribution in [2.75, 3.05) is 54.9 Å². The number of rotatable bonds is 13. The van der Waals surface area contributed by atoms with Gasteiger partial charge in [0.2, 0.25) is 5.52 Å². The molecule has 256 valence electrons. The summed E-state index contributed by atoms with van der Waals surface area (Å²) in [5.74, 6) is -2.68. The molecule has 0 spiro atoms. The molecule has 5 heterocycles. The number of halogens is 1. The quantitative estimate of drug-likeness (QED) is 0.0438. The third-order valence-electron chi connectivity index (χ3n) is 8.09. The number of amides is 2. The molecule has 0 radical (unpaired) electrons. The SMILES string of the molecule is C=CCO/N=C(\C(=O)NC1C(=O)N2C(C(=O)[O-])=C(CSc3cc[n+](CC=C)c4cc(N5CCNCC5)c(F)cc34)CSC12)c1csc(N)n1. The van der Waals surface area contributed by atoms with Gasteiger partial charge in [0.05, 0.1) is 22.7 Å². The van der Waals surface area contributed by atoms with Crippen molar-refractivity contribution in [3.05, 3.63) is 77.9 Å². The summed E-state index contributed by atoms with van der Waals surface area (Å²) < 4.78 is 17.6. The summed E-state index contributed by atoms with van der Waals surface area (Å²) in [4.78, 5) is 52.2. The van der Waals surface area contributed by atoms with Crippen LogP contribution in [0.2, 0.25) is 0 Å². The summed E-state index contributed by atoms with van der Waals surface area (Å²) in [6.45, 7) is 10.9. The third kappa shape index (κ3) is 7.01. The molecule has 1 aromatic carbocycles. The number of nitrogens with two attached hydrogens (primary N) is 1. The average molecular weight is 725 g/mol. The number of hydrogen-bond acceptors (Lipinski definition) is 13. The number of aliphatic carboxylic acids is 1. The molecule has 2 fully saturated rings. The van der Waals surface area contributed by atoms with Gasteiger partial charge in [0.25, 0.3) is 11.8 Å². The number of fused-ring (bicyclic) bond motifs is 2. The Morgan fingerprint density at radius 3 is 2.80 bits per heavy atom. The summed E-state index contributed by atoms with van der Waals surface area (Å²) in [6, 6.07) is 4.23. The van der Waals surface area contributed by atoms with Gasteiger partial charge in [-0.15, -0.1) is 34.9 Å². The fourth-order valence-corrected chi connectivity index (χ4v) is 8.87. The second-order valence-corrected chi connectivity index (χ2v) is 14.2. The van der Waals surface area contributed by atoms with Crippen molar-refractivity contribution in [3.63, 3.8) is 0 Å². The van der Waals surface area contributed by atoms with Crippen LogP contribution in [-0.4, -0.2) is 89.1 Å². The number of piperazine rings is 1. The van der Waals surface area contributed by atoms with Gasteiger partial charge in [-0.2, -0.15) is 4.57 Å². The number of aromatic nitrogens is 2. The topological polar surface area (TPSA) is 169 Å². The van der Waals surface area contributed by atoms with Crippen LogP contribution in [0.15, 0.2) is 76.4 Å². The van der Waals surface area contributed by atoms with E-state index in [0.29, 0.717) is 36.3 Å². The van der Waals surface area contributed by atoms with E-state index >= 15 is 4.39 Å². The van der Waals surface area contributed by atoms with Crippen LogP contribution in [0.3, 0.4) is 0 Å². The number of carbonyl (C=O) groups is 3. The summed E-state index contributed by atoms with van der Waals surface area (Å²) >= 11 is 3.78. The smallest absolute Gasteiger partial charge is 0.276 e. The molecule has 13 nitrogen and oxygen atoms in total. The van der Waals surface area contributed by atoms with Gasteiger partial charge in [0.15, 0.2) is 23.6 Å². The third-order valence-corrected chi connectivity index (χ3v) is 11.3. The van der Waals surface area contributed by atoms with E-state index in [-0.39, 0.29) is 46.2 Å². The Hall–Kier alpha value is -4.45. The highest BCUT2D eigenvalue weighted by Crippen LogP contribution is 2.42. The van der Waals surface area contributed by atoms with Crippen molar-refractivity contribution in [3.8, 4) is 0 Å². The Balaban J connectivity index is 1.22. The second-order valence-electron chi connectivity index (χ2n) is 11.2. The lowest BCUT2D eigenvalue weighted by atomic mass is 10.0. The van der Waals surface area contributed by atoms with E-state index in [0.717, 1.165) is 39.7 Å². The number of hydrogen-bond donors (Lipinski definition) is 3. The number of carboxylic acid groups (broad SMARTS) is 1. The van der Waals surface area contributed by atoms with Crippen molar-refractivity contribution in [1.82, 2.24) is 20.5 Å². The zero-order valence-corrected chi connectivity index (χ0v) is 28.7. The Labute approximate surface area is 293 Å². The molecule has 4 N–H and O–H groups in total. The van der Waals surface area contributed by atoms with E-state index < -0.39 is 29.2 Å². The van der Waals surface area contributed by atoms with Crippen LogP contribution in [-0.2, 0) is 25.8 Å². The predicted octanol–water partition coefficient (Wildman–Crippen LogP) is 1.00. The zero-order valence-electron chi connectivity index (χ0n) is 26.2. The maximum Gasteiger partial charge on any atom is 0.276 e. The Morgan fingerprint density at radius 1 is 1.31 bits per heavy atom. The Morgan fingerprint density at radius 2 is 2.10 bits per heavy atom. The highest BCUT2D eigenvalue weighted by molar-refractivity contribution is 8.01. The average Bonchev–Trinajstić information content (AvgIpc) is 3.53. The number of oxime groups is 1. The van der Waals surface area contributed by atoms with Crippen molar-refractivity contribution >= 4 is 80.1 Å². The Bertz CT molecular complexity index is 1890. The molecule has 2 unspecified atom stereocenters. The van der Waals surface area contributed by atoms with Gasteiger partial charge in [0.1, 0.15) is 29.5 Å². The first-order chi connectivity index (χ1) is 23.7. The van der Waals surface area contributed by atoms with Crippen LogP contribution < -0.4 is 30.9 Å². The van der Waals surface area contributed by atoms with E-state index in [2.05, 4.69) is 33.9 Å². The molecular weight excluding hydrogens is 692 g/mol. The lowest BCUT2D eigenvalue weighted by Crippen LogP contribution is -2.71. The minimum atomic E-state index is -1.49. The molecule has 0 saturated carbocycles. The van der Waals surface area contributed by atoms with Crippen molar-refractivity contribution in [1.29, 1.82) is 0 Å². The molecule has 49 heavy (non-hydrogen) atoms. The van der Waals surface area contributed by atoms with Gasteiger partial charge in [-0.05, 0) is 17.7 Å². The number of nitrogens with zero attached hydrogens (tertiary/aromatic N) is 5. The summed E-state index contributed by atoms with van der Waals surface area (Å²) in [6.07, 6.45) is 5.12. The lowest BCUT2D eigenvalue weighted by molar-refractivity contribution is -0.661. The van der Waals surface area contributed by atoms with E-state index in [9.17, 15) is 19.5 Å². The number of anilines is 2. The monoisotopic (exact) mass is 724 g/mol. The largest absolute Gasteiger partial charge is 0.543 e. The highest BCUT2D eigenvalue weighted by atomic mass is 32.2.